The van der Waals surface area contributed by atoms with E-state index < -0.39 is 39.4 Å². The van der Waals surface area contributed by atoms with Crippen molar-refractivity contribution in [1.82, 2.24) is 0 Å². The third kappa shape index (κ3) is 6.93. The summed E-state index contributed by atoms with van der Waals surface area (Å²) in [4.78, 5) is 36.6. The molecule has 3 aromatic carbocycles. The fourth-order valence-electron chi connectivity index (χ4n) is 3.43. The van der Waals surface area contributed by atoms with Crippen LogP contribution in [0.15, 0.2) is 59.5 Å². The smallest absolute Gasteiger partial charge is 0.339 e. The van der Waals surface area contributed by atoms with E-state index in [4.69, 9.17) is 30.5 Å². The Morgan fingerprint density at radius 3 is 2.12 bits per heavy atom. The number of benzene rings is 3. The summed E-state index contributed by atoms with van der Waals surface area (Å²) in [7, 11) is 0.831. The van der Waals surface area contributed by atoms with E-state index >= 15 is 0 Å². The monoisotopic (exact) mass is 592 g/mol. The minimum Gasteiger partial charge on any atom is -0.495 e. The van der Waals surface area contributed by atoms with E-state index in [1.807, 2.05) is 0 Å². The molecule has 0 fully saturated rings. The molecule has 0 bridgehead atoms. The van der Waals surface area contributed by atoms with Gasteiger partial charge in [0, 0.05) is 6.07 Å². The van der Waals surface area contributed by atoms with Crippen LogP contribution >= 0.6 is 11.6 Å². The van der Waals surface area contributed by atoms with Crippen molar-refractivity contribution in [3.63, 3.8) is 0 Å². The van der Waals surface area contributed by atoms with Gasteiger partial charge in [-0.05, 0) is 36.4 Å². The van der Waals surface area contributed by atoms with Crippen molar-refractivity contribution in [3.05, 3.63) is 70.7 Å². The summed E-state index contributed by atoms with van der Waals surface area (Å²) in [6.07, 6.45) is 0. The minimum absolute atomic E-state index is 0.00670. The molecule has 0 saturated heterocycles. The van der Waals surface area contributed by atoms with Crippen molar-refractivity contribution in [3.8, 4) is 17.2 Å². The number of anilines is 2. The fraction of sp³-hybridized carbons (Fsp3) is 0.192. The van der Waals surface area contributed by atoms with E-state index in [2.05, 4.69) is 14.8 Å². The van der Waals surface area contributed by atoms with Crippen molar-refractivity contribution in [2.45, 2.75) is 4.90 Å². The van der Waals surface area contributed by atoms with Gasteiger partial charge in [0.25, 0.3) is 15.9 Å². The van der Waals surface area contributed by atoms with E-state index in [9.17, 15) is 22.8 Å². The predicted octanol–water partition coefficient (Wildman–Crippen LogP) is 3.75. The SMILES string of the molecule is COC(=O)c1ccccc1NC(=O)COC(=O)c1ccc(OC)c(S(=O)(=O)Nc2cc(Cl)c(OC)cc2OC)c1. The molecule has 3 rings (SSSR count). The average Bonchev–Trinajstić information content (AvgIpc) is 2.95. The summed E-state index contributed by atoms with van der Waals surface area (Å²) in [5, 5.41) is 2.59. The minimum atomic E-state index is -4.35. The Bertz CT molecular complexity index is 1540. The Labute approximate surface area is 235 Å². The Hall–Kier alpha value is -4.49. The zero-order chi connectivity index (χ0) is 29.4. The van der Waals surface area contributed by atoms with E-state index in [1.54, 1.807) is 12.1 Å². The number of amides is 1. The number of ether oxygens (including phenoxy) is 5. The molecular weight excluding hydrogens is 568 g/mol. The topological polar surface area (TPSA) is 156 Å². The normalized spacial score (nSPS) is 10.7. The number of nitrogens with one attached hydrogen (secondary N) is 2. The lowest BCUT2D eigenvalue weighted by molar-refractivity contribution is -0.119. The first kappa shape index (κ1) is 30.1. The average molecular weight is 593 g/mol. The number of halogens is 1. The Morgan fingerprint density at radius 2 is 1.48 bits per heavy atom. The highest BCUT2D eigenvalue weighted by molar-refractivity contribution is 7.92. The van der Waals surface area contributed by atoms with Crippen molar-refractivity contribution in [1.29, 1.82) is 0 Å². The summed E-state index contributed by atoms with van der Waals surface area (Å²) in [5.41, 5.74) is 0.0984. The van der Waals surface area contributed by atoms with Crippen LogP contribution in [-0.4, -0.2) is 61.3 Å². The molecule has 0 aliphatic carbocycles. The summed E-state index contributed by atoms with van der Waals surface area (Å²) in [6, 6.07) is 12.4. The third-order valence-corrected chi connectivity index (χ3v) is 7.03. The van der Waals surface area contributed by atoms with Gasteiger partial charge < -0.3 is 29.0 Å². The van der Waals surface area contributed by atoms with Crippen LogP contribution in [0.2, 0.25) is 5.02 Å². The van der Waals surface area contributed by atoms with Crippen LogP contribution < -0.4 is 24.2 Å². The molecule has 40 heavy (non-hydrogen) atoms. The first-order chi connectivity index (χ1) is 19.0. The van der Waals surface area contributed by atoms with Gasteiger partial charge in [0.2, 0.25) is 0 Å². The third-order valence-electron chi connectivity index (χ3n) is 5.35. The van der Waals surface area contributed by atoms with Gasteiger partial charge in [0.1, 0.15) is 22.1 Å². The van der Waals surface area contributed by atoms with Crippen LogP contribution in [0, 0.1) is 0 Å². The Morgan fingerprint density at radius 1 is 0.800 bits per heavy atom. The molecule has 3 aromatic rings. The van der Waals surface area contributed by atoms with Gasteiger partial charge in [-0.25, -0.2) is 18.0 Å². The number of carbonyl (C=O) groups is 3. The van der Waals surface area contributed by atoms with Gasteiger partial charge >= 0.3 is 11.9 Å². The molecule has 12 nitrogen and oxygen atoms in total. The number of esters is 2. The molecule has 0 atom stereocenters. The first-order valence-corrected chi connectivity index (χ1v) is 13.2. The molecule has 0 aliphatic heterocycles. The van der Waals surface area contributed by atoms with Gasteiger partial charge in [-0.3, -0.25) is 9.52 Å². The molecule has 2 N–H and O–H groups in total. The lowest BCUT2D eigenvalue weighted by atomic mass is 10.2. The molecule has 0 radical (unpaired) electrons. The number of rotatable bonds is 11. The zero-order valence-electron chi connectivity index (χ0n) is 21.8. The first-order valence-electron chi connectivity index (χ1n) is 11.3. The predicted molar refractivity (Wildman–Crippen MR) is 145 cm³/mol. The summed E-state index contributed by atoms with van der Waals surface area (Å²) >= 11 is 6.14. The molecular formula is C26H25ClN2O10S. The van der Waals surface area contributed by atoms with Crippen LogP contribution in [0.5, 0.6) is 17.2 Å². The number of carbonyl (C=O) groups excluding carboxylic acids is 3. The molecule has 0 aromatic heterocycles. The van der Waals surface area contributed by atoms with Crippen molar-refractivity contribution in [2.24, 2.45) is 0 Å². The maximum Gasteiger partial charge on any atom is 0.339 e. The lowest BCUT2D eigenvalue weighted by Gasteiger charge is -2.16. The van der Waals surface area contributed by atoms with Crippen molar-refractivity contribution < 1.29 is 46.5 Å². The largest absolute Gasteiger partial charge is 0.495 e. The van der Waals surface area contributed by atoms with E-state index in [-0.39, 0.29) is 44.8 Å². The van der Waals surface area contributed by atoms with Gasteiger partial charge in [-0.1, -0.05) is 23.7 Å². The second-order valence-electron chi connectivity index (χ2n) is 7.82. The number of hydrogen-bond acceptors (Lipinski definition) is 10. The quantitative estimate of drug-likeness (QED) is 0.314. The molecule has 14 heteroatoms. The van der Waals surface area contributed by atoms with Crippen LogP contribution in [0.3, 0.4) is 0 Å². The van der Waals surface area contributed by atoms with Gasteiger partial charge in [-0.15, -0.1) is 0 Å². The molecule has 0 spiro atoms. The molecule has 0 heterocycles. The Kier molecular flexibility index (Phi) is 9.80. The van der Waals surface area contributed by atoms with E-state index in [1.165, 1.54) is 64.8 Å². The van der Waals surface area contributed by atoms with Crippen molar-refractivity contribution >= 4 is 50.8 Å². The maximum atomic E-state index is 13.3. The summed E-state index contributed by atoms with van der Waals surface area (Å²) in [6.45, 7) is -0.720. The van der Waals surface area contributed by atoms with Crippen molar-refractivity contribution in [2.75, 3.05) is 45.1 Å². The van der Waals surface area contributed by atoms with Crippen LogP contribution in [0.25, 0.3) is 0 Å². The number of hydrogen-bond donors (Lipinski definition) is 2. The second-order valence-corrected chi connectivity index (χ2v) is 9.88. The van der Waals surface area contributed by atoms with Crippen LogP contribution in [0.4, 0.5) is 11.4 Å². The number of para-hydroxylation sites is 1. The maximum absolute atomic E-state index is 13.3. The molecule has 1 amide bonds. The van der Waals surface area contributed by atoms with Crippen LogP contribution in [-0.2, 0) is 24.3 Å². The summed E-state index contributed by atoms with van der Waals surface area (Å²) in [5.74, 6) is -2.07. The highest BCUT2D eigenvalue weighted by atomic mass is 35.5. The standard InChI is InChI=1S/C26H25ClN2O10S/c1-35-20-10-9-15(25(31)39-14-24(30)28-18-8-6-5-7-16(18)26(32)38-4)11-23(20)40(33,34)29-19-12-17(27)21(36-2)13-22(19)37-3/h5-13,29H,14H2,1-4H3,(H,28,30). The highest BCUT2D eigenvalue weighted by Crippen LogP contribution is 2.38. The molecule has 0 aliphatic rings. The van der Waals surface area contributed by atoms with Crippen LogP contribution in [0.1, 0.15) is 20.7 Å². The Balaban J connectivity index is 1.80. The zero-order valence-corrected chi connectivity index (χ0v) is 23.3. The summed E-state index contributed by atoms with van der Waals surface area (Å²) < 4.78 is 54.2. The molecule has 212 valence electrons. The second kappa shape index (κ2) is 13.0. The van der Waals surface area contributed by atoms with E-state index in [0.29, 0.717) is 0 Å². The molecule has 0 saturated carbocycles. The number of methoxy groups -OCH3 is 4. The van der Waals surface area contributed by atoms with E-state index in [0.717, 1.165) is 6.07 Å². The van der Waals surface area contributed by atoms with Gasteiger partial charge in [0.15, 0.2) is 6.61 Å². The van der Waals surface area contributed by atoms with Gasteiger partial charge in [-0.2, -0.15) is 0 Å². The van der Waals surface area contributed by atoms with Gasteiger partial charge in [0.05, 0.1) is 56.0 Å². The molecule has 0 unspecified atom stereocenters. The fourth-order valence-corrected chi connectivity index (χ4v) is 4.93. The number of sulfonamides is 1. The highest BCUT2D eigenvalue weighted by Gasteiger charge is 2.25. The lowest BCUT2D eigenvalue weighted by Crippen LogP contribution is -2.22.